The monoisotopic (exact) mass is 239 g/mol. The molecule has 1 heterocycles. The highest BCUT2D eigenvalue weighted by molar-refractivity contribution is 5.47. The standard InChI is InChI=1S/C12H21N3O2/c1-9(13)11-5-4-6-14-12(11)15(2)7-10(16)8-17-3/h4-6,9-10,16H,7-8,13H2,1-3H3. The zero-order valence-corrected chi connectivity index (χ0v) is 10.6. The van der Waals surface area contributed by atoms with Gasteiger partial charge in [0.15, 0.2) is 0 Å². The zero-order chi connectivity index (χ0) is 12.8. The number of aliphatic hydroxyl groups is 1. The van der Waals surface area contributed by atoms with E-state index in [0.29, 0.717) is 13.2 Å². The average molecular weight is 239 g/mol. The van der Waals surface area contributed by atoms with Crippen molar-refractivity contribution in [3.8, 4) is 0 Å². The Kier molecular flexibility index (Phi) is 5.34. The van der Waals surface area contributed by atoms with Crippen LogP contribution in [-0.4, -0.2) is 43.5 Å². The molecule has 0 bridgehead atoms. The summed E-state index contributed by atoms with van der Waals surface area (Å²) in [7, 11) is 3.45. The van der Waals surface area contributed by atoms with Gasteiger partial charge in [0.2, 0.25) is 0 Å². The molecule has 0 aliphatic carbocycles. The Morgan fingerprint density at radius 3 is 2.88 bits per heavy atom. The van der Waals surface area contributed by atoms with Crippen molar-refractivity contribution in [1.82, 2.24) is 4.98 Å². The molecule has 0 saturated carbocycles. The lowest BCUT2D eigenvalue weighted by Crippen LogP contribution is -2.33. The topological polar surface area (TPSA) is 71.6 Å². The smallest absolute Gasteiger partial charge is 0.133 e. The van der Waals surface area contributed by atoms with Crippen LogP contribution in [0.25, 0.3) is 0 Å². The minimum absolute atomic E-state index is 0.0827. The number of methoxy groups -OCH3 is 1. The quantitative estimate of drug-likeness (QED) is 0.758. The Bertz CT molecular complexity index is 344. The molecular weight excluding hydrogens is 218 g/mol. The second-order valence-corrected chi connectivity index (χ2v) is 4.19. The summed E-state index contributed by atoms with van der Waals surface area (Å²) in [5.74, 6) is 0.803. The molecule has 5 heteroatoms. The highest BCUT2D eigenvalue weighted by Crippen LogP contribution is 2.21. The van der Waals surface area contributed by atoms with Gasteiger partial charge in [-0.25, -0.2) is 4.98 Å². The maximum Gasteiger partial charge on any atom is 0.133 e. The summed E-state index contributed by atoms with van der Waals surface area (Å²) in [5, 5.41) is 9.68. The Morgan fingerprint density at radius 1 is 1.59 bits per heavy atom. The number of hydrogen-bond acceptors (Lipinski definition) is 5. The van der Waals surface area contributed by atoms with Crippen molar-refractivity contribution in [3.63, 3.8) is 0 Å². The van der Waals surface area contributed by atoms with Crippen LogP contribution in [0.4, 0.5) is 5.82 Å². The van der Waals surface area contributed by atoms with Crippen molar-refractivity contribution in [2.45, 2.75) is 19.1 Å². The predicted octanol–water partition coefficient (Wildman–Crippen LogP) is 0.545. The Labute approximate surface area is 102 Å². The lowest BCUT2D eigenvalue weighted by molar-refractivity contribution is 0.0694. The number of ether oxygens (including phenoxy) is 1. The molecule has 5 nitrogen and oxygen atoms in total. The van der Waals surface area contributed by atoms with Crippen LogP contribution in [0.1, 0.15) is 18.5 Å². The lowest BCUT2D eigenvalue weighted by Gasteiger charge is -2.24. The summed E-state index contributed by atoms with van der Waals surface area (Å²) in [6, 6.07) is 3.73. The van der Waals surface area contributed by atoms with E-state index in [-0.39, 0.29) is 6.04 Å². The lowest BCUT2D eigenvalue weighted by atomic mass is 10.1. The van der Waals surface area contributed by atoms with Gasteiger partial charge in [-0.15, -0.1) is 0 Å². The molecule has 1 rings (SSSR count). The molecule has 0 aromatic carbocycles. The van der Waals surface area contributed by atoms with Gasteiger partial charge in [-0.1, -0.05) is 6.07 Å². The van der Waals surface area contributed by atoms with Crippen LogP contribution < -0.4 is 10.6 Å². The van der Waals surface area contributed by atoms with Crippen molar-refractivity contribution in [3.05, 3.63) is 23.9 Å². The predicted molar refractivity (Wildman–Crippen MR) is 68.0 cm³/mol. The van der Waals surface area contributed by atoms with E-state index in [9.17, 15) is 5.11 Å². The number of aliphatic hydroxyl groups excluding tert-OH is 1. The molecule has 2 unspecified atom stereocenters. The first-order chi connectivity index (χ1) is 8.06. The van der Waals surface area contributed by atoms with Gasteiger partial charge in [0, 0.05) is 38.5 Å². The summed E-state index contributed by atoms with van der Waals surface area (Å²) in [6.45, 7) is 2.69. The number of hydrogen-bond donors (Lipinski definition) is 2. The summed E-state index contributed by atoms with van der Waals surface area (Å²) in [6.07, 6.45) is 1.19. The van der Waals surface area contributed by atoms with Crippen LogP contribution in [0.15, 0.2) is 18.3 Å². The zero-order valence-electron chi connectivity index (χ0n) is 10.6. The number of anilines is 1. The molecule has 0 amide bonds. The van der Waals surface area contributed by atoms with Crippen LogP contribution >= 0.6 is 0 Å². The highest BCUT2D eigenvalue weighted by atomic mass is 16.5. The van der Waals surface area contributed by atoms with Crippen LogP contribution in [0.5, 0.6) is 0 Å². The van der Waals surface area contributed by atoms with E-state index in [2.05, 4.69) is 4.98 Å². The second-order valence-electron chi connectivity index (χ2n) is 4.19. The number of aromatic nitrogens is 1. The highest BCUT2D eigenvalue weighted by Gasteiger charge is 2.14. The van der Waals surface area contributed by atoms with Gasteiger partial charge in [-0.2, -0.15) is 0 Å². The van der Waals surface area contributed by atoms with Gasteiger partial charge in [-0.05, 0) is 13.0 Å². The second kappa shape index (κ2) is 6.54. The van der Waals surface area contributed by atoms with Gasteiger partial charge in [0.25, 0.3) is 0 Å². The van der Waals surface area contributed by atoms with E-state index in [0.717, 1.165) is 11.4 Å². The summed E-state index contributed by atoms with van der Waals surface area (Å²) >= 11 is 0. The molecule has 1 aromatic rings. The fourth-order valence-corrected chi connectivity index (χ4v) is 1.73. The number of pyridine rings is 1. The maximum atomic E-state index is 9.68. The fourth-order valence-electron chi connectivity index (χ4n) is 1.73. The molecule has 3 N–H and O–H groups in total. The SMILES string of the molecule is COCC(O)CN(C)c1ncccc1C(C)N. The third-order valence-corrected chi connectivity index (χ3v) is 2.51. The number of nitrogens with zero attached hydrogens (tertiary/aromatic N) is 2. The summed E-state index contributed by atoms with van der Waals surface area (Å²) < 4.78 is 4.90. The van der Waals surface area contributed by atoms with Crippen LogP contribution in [0.3, 0.4) is 0 Å². The fraction of sp³-hybridized carbons (Fsp3) is 0.583. The van der Waals surface area contributed by atoms with Crippen LogP contribution in [0.2, 0.25) is 0 Å². The van der Waals surface area contributed by atoms with E-state index in [1.54, 1.807) is 13.3 Å². The largest absolute Gasteiger partial charge is 0.389 e. The molecule has 0 aliphatic rings. The number of likely N-dealkylation sites (N-methyl/N-ethyl adjacent to an activating group) is 1. The van der Waals surface area contributed by atoms with Crippen LogP contribution in [-0.2, 0) is 4.74 Å². The maximum absolute atomic E-state index is 9.68. The molecule has 0 radical (unpaired) electrons. The van der Waals surface area contributed by atoms with Gasteiger partial charge in [0.05, 0.1) is 12.7 Å². The summed E-state index contributed by atoms with van der Waals surface area (Å²) in [4.78, 5) is 6.20. The van der Waals surface area contributed by atoms with Crippen molar-refractivity contribution in [1.29, 1.82) is 0 Å². The Morgan fingerprint density at radius 2 is 2.29 bits per heavy atom. The molecule has 0 aliphatic heterocycles. The average Bonchev–Trinajstić information content (AvgIpc) is 2.29. The first kappa shape index (κ1) is 13.9. The van der Waals surface area contributed by atoms with E-state index >= 15 is 0 Å². The minimum atomic E-state index is -0.534. The van der Waals surface area contributed by atoms with E-state index in [1.165, 1.54) is 0 Å². The van der Waals surface area contributed by atoms with Crippen molar-refractivity contribution in [2.24, 2.45) is 5.73 Å². The molecular formula is C12H21N3O2. The first-order valence-corrected chi connectivity index (χ1v) is 5.65. The molecule has 0 spiro atoms. The van der Waals surface area contributed by atoms with Gasteiger partial charge in [-0.3, -0.25) is 0 Å². The number of nitrogens with two attached hydrogens (primary N) is 1. The molecule has 0 fully saturated rings. The van der Waals surface area contributed by atoms with Gasteiger partial charge in [0.1, 0.15) is 5.82 Å². The third-order valence-electron chi connectivity index (χ3n) is 2.51. The van der Waals surface area contributed by atoms with Gasteiger partial charge < -0.3 is 20.5 Å². The molecule has 1 aromatic heterocycles. The van der Waals surface area contributed by atoms with E-state index in [1.807, 2.05) is 31.0 Å². The van der Waals surface area contributed by atoms with E-state index in [4.69, 9.17) is 10.5 Å². The molecule has 0 saturated heterocycles. The van der Waals surface area contributed by atoms with Crippen molar-refractivity contribution in [2.75, 3.05) is 32.2 Å². The minimum Gasteiger partial charge on any atom is -0.389 e. The normalized spacial score (nSPS) is 14.4. The molecule has 96 valence electrons. The molecule has 2 atom stereocenters. The Hall–Kier alpha value is -1.17. The van der Waals surface area contributed by atoms with E-state index < -0.39 is 6.10 Å². The molecule has 17 heavy (non-hydrogen) atoms. The Balaban J connectivity index is 2.77. The van der Waals surface area contributed by atoms with Crippen molar-refractivity contribution < 1.29 is 9.84 Å². The number of rotatable bonds is 6. The van der Waals surface area contributed by atoms with Crippen molar-refractivity contribution >= 4 is 5.82 Å². The third kappa shape index (κ3) is 3.96. The van der Waals surface area contributed by atoms with Gasteiger partial charge >= 0.3 is 0 Å². The summed E-state index contributed by atoms with van der Waals surface area (Å²) in [5.41, 5.74) is 6.86. The van der Waals surface area contributed by atoms with Crippen LogP contribution in [0, 0.1) is 0 Å². The first-order valence-electron chi connectivity index (χ1n) is 5.65.